The van der Waals surface area contributed by atoms with Crippen LogP contribution in [0.15, 0.2) is 46.1 Å². The van der Waals surface area contributed by atoms with E-state index in [1.165, 1.54) is 11.6 Å². The number of pyridine rings is 1. The number of aromatic nitrogens is 3. The Morgan fingerprint density at radius 3 is 2.64 bits per heavy atom. The van der Waals surface area contributed by atoms with E-state index in [4.69, 9.17) is 4.74 Å². The summed E-state index contributed by atoms with van der Waals surface area (Å²) in [6.45, 7) is 0.617. The molecular weight excluding hydrogens is 320 g/mol. The highest BCUT2D eigenvalue weighted by Gasteiger charge is 2.13. The van der Waals surface area contributed by atoms with Gasteiger partial charge in [0.05, 0.1) is 12.8 Å². The minimum absolute atomic E-state index is 0.356. The quantitative estimate of drug-likeness (QED) is 0.757. The highest BCUT2D eigenvalue weighted by molar-refractivity contribution is 5.88. The van der Waals surface area contributed by atoms with Gasteiger partial charge in [0.15, 0.2) is 5.65 Å². The molecule has 0 saturated heterocycles. The van der Waals surface area contributed by atoms with Crippen molar-refractivity contribution in [3.63, 3.8) is 0 Å². The van der Waals surface area contributed by atoms with E-state index in [0.29, 0.717) is 23.3 Å². The lowest BCUT2D eigenvalue weighted by molar-refractivity contribution is 0.410. The molecule has 130 valence electrons. The normalized spacial score (nSPS) is 10.8. The Labute approximate surface area is 144 Å². The number of anilines is 1. The number of para-hydroxylation sites is 1. The van der Waals surface area contributed by atoms with Crippen molar-refractivity contribution in [1.29, 1.82) is 0 Å². The van der Waals surface area contributed by atoms with Gasteiger partial charge in [-0.2, -0.15) is 0 Å². The third-order valence-corrected chi connectivity index (χ3v) is 4.24. The second-order valence-electron chi connectivity index (χ2n) is 5.75. The van der Waals surface area contributed by atoms with Crippen molar-refractivity contribution in [3.8, 4) is 5.75 Å². The molecule has 0 saturated carbocycles. The number of nitrogens with one attached hydrogen (secondary N) is 1. The minimum atomic E-state index is -0.392. The summed E-state index contributed by atoms with van der Waals surface area (Å²) in [7, 11) is 4.72. The van der Waals surface area contributed by atoms with Crippen molar-refractivity contribution in [2.45, 2.75) is 6.42 Å². The summed E-state index contributed by atoms with van der Waals surface area (Å²) in [5, 5.41) is 3.69. The minimum Gasteiger partial charge on any atom is -0.496 e. The van der Waals surface area contributed by atoms with Crippen LogP contribution in [-0.2, 0) is 20.5 Å². The molecular formula is C18H20N4O3. The van der Waals surface area contributed by atoms with Crippen LogP contribution >= 0.6 is 0 Å². The highest BCUT2D eigenvalue weighted by atomic mass is 16.5. The van der Waals surface area contributed by atoms with Crippen molar-refractivity contribution >= 4 is 16.7 Å². The maximum absolute atomic E-state index is 12.5. The Hall–Kier alpha value is -3.09. The molecule has 3 rings (SSSR count). The first-order chi connectivity index (χ1) is 12.0. The van der Waals surface area contributed by atoms with Crippen molar-refractivity contribution in [2.75, 3.05) is 19.0 Å². The van der Waals surface area contributed by atoms with Crippen molar-refractivity contribution in [3.05, 3.63) is 62.9 Å². The average Bonchev–Trinajstić information content (AvgIpc) is 2.64. The van der Waals surface area contributed by atoms with Gasteiger partial charge in [-0.05, 0) is 24.1 Å². The molecule has 25 heavy (non-hydrogen) atoms. The van der Waals surface area contributed by atoms with E-state index >= 15 is 0 Å². The van der Waals surface area contributed by atoms with Gasteiger partial charge < -0.3 is 10.1 Å². The average molecular weight is 340 g/mol. The number of nitrogens with zero attached hydrogens (tertiary/aromatic N) is 3. The summed E-state index contributed by atoms with van der Waals surface area (Å²) in [5.74, 6) is 0.835. The summed E-state index contributed by atoms with van der Waals surface area (Å²) >= 11 is 0. The maximum Gasteiger partial charge on any atom is 0.332 e. The van der Waals surface area contributed by atoms with Gasteiger partial charge in [0, 0.05) is 26.8 Å². The number of rotatable bonds is 5. The number of ether oxygens (including phenoxy) is 1. The lowest BCUT2D eigenvalue weighted by Gasteiger charge is -2.13. The fraction of sp³-hybridized carbons (Fsp3) is 0.278. The van der Waals surface area contributed by atoms with Gasteiger partial charge in [-0.25, -0.2) is 9.78 Å². The standard InChI is InChI=1S/C18H20N4O3/c1-21-16-15(17(23)22(2)18(21)24)13(9-11-20-16)19-10-8-12-6-4-5-7-14(12)25-3/h4-7,9,11H,8,10H2,1-3H3,(H,19,20). The van der Waals surface area contributed by atoms with Crippen LogP contribution in [0.1, 0.15) is 5.56 Å². The lowest BCUT2D eigenvalue weighted by Crippen LogP contribution is -2.37. The van der Waals surface area contributed by atoms with Crippen LogP contribution < -0.4 is 21.3 Å². The molecule has 0 fully saturated rings. The molecule has 3 aromatic rings. The van der Waals surface area contributed by atoms with Crippen LogP contribution in [0.5, 0.6) is 5.75 Å². The smallest absolute Gasteiger partial charge is 0.332 e. The molecule has 2 aromatic heterocycles. The first-order valence-corrected chi connectivity index (χ1v) is 7.95. The summed E-state index contributed by atoms with van der Waals surface area (Å²) in [6.07, 6.45) is 2.33. The zero-order chi connectivity index (χ0) is 18.0. The molecule has 0 amide bonds. The highest BCUT2D eigenvalue weighted by Crippen LogP contribution is 2.19. The number of aryl methyl sites for hydroxylation is 1. The first kappa shape index (κ1) is 16.8. The van der Waals surface area contributed by atoms with Crippen LogP contribution in [0.3, 0.4) is 0 Å². The third kappa shape index (κ3) is 3.00. The molecule has 0 unspecified atom stereocenters. The topological polar surface area (TPSA) is 78.2 Å². The van der Waals surface area contributed by atoms with Gasteiger partial charge in [0.1, 0.15) is 11.1 Å². The van der Waals surface area contributed by atoms with Gasteiger partial charge in [0.25, 0.3) is 5.56 Å². The largest absolute Gasteiger partial charge is 0.496 e. The summed E-state index contributed by atoms with van der Waals surface area (Å²) < 4.78 is 7.82. The predicted octanol–water partition coefficient (Wildman–Crippen LogP) is 1.30. The van der Waals surface area contributed by atoms with Crippen LogP contribution in [0.4, 0.5) is 5.69 Å². The molecule has 0 aliphatic rings. The number of hydrogen-bond acceptors (Lipinski definition) is 5. The van der Waals surface area contributed by atoms with E-state index in [1.807, 2.05) is 24.3 Å². The van der Waals surface area contributed by atoms with Gasteiger partial charge in [0.2, 0.25) is 0 Å². The SMILES string of the molecule is COc1ccccc1CCNc1ccnc2c1c(=O)n(C)c(=O)n2C. The Bertz CT molecular complexity index is 1040. The van der Waals surface area contributed by atoms with Gasteiger partial charge >= 0.3 is 5.69 Å². The molecule has 0 aliphatic carbocycles. The zero-order valence-electron chi connectivity index (χ0n) is 14.4. The molecule has 7 nitrogen and oxygen atoms in total. The molecule has 0 atom stereocenters. The second-order valence-corrected chi connectivity index (χ2v) is 5.75. The van der Waals surface area contributed by atoms with E-state index in [9.17, 15) is 9.59 Å². The molecule has 1 aromatic carbocycles. The second kappa shape index (κ2) is 6.80. The fourth-order valence-electron chi connectivity index (χ4n) is 2.87. The Kier molecular flexibility index (Phi) is 4.56. The molecule has 0 spiro atoms. The molecule has 0 radical (unpaired) electrons. The fourth-order valence-corrected chi connectivity index (χ4v) is 2.87. The van der Waals surface area contributed by atoms with E-state index in [-0.39, 0.29) is 5.56 Å². The molecule has 0 bridgehead atoms. The summed E-state index contributed by atoms with van der Waals surface area (Å²) in [5.41, 5.74) is 1.37. The van der Waals surface area contributed by atoms with Crippen molar-refractivity contribution < 1.29 is 4.74 Å². The van der Waals surface area contributed by atoms with Crippen LogP contribution in [0, 0.1) is 0 Å². The number of fused-ring (bicyclic) bond motifs is 1. The monoisotopic (exact) mass is 340 g/mol. The molecule has 0 aliphatic heterocycles. The summed E-state index contributed by atoms with van der Waals surface area (Å²) in [4.78, 5) is 28.7. The molecule has 2 heterocycles. The van der Waals surface area contributed by atoms with Crippen molar-refractivity contribution in [2.24, 2.45) is 14.1 Å². The maximum atomic E-state index is 12.5. The lowest BCUT2D eigenvalue weighted by atomic mass is 10.1. The number of methoxy groups -OCH3 is 1. The number of benzene rings is 1. The van der Waals surface area contributed by atoms with Gasteiger partial charge in [-0.1, -0.05) is 18.2 Å². The van der Waals surface area contributed by atoms with Gasteiger partial charge in [-0.3, -0.25) is 13.9 Å². The molecule has 1 N–H and O–H groups in total. The van der Waals surface area contributed by atoms with E-state index in [2.05, 4.69) is 10.3 Å². The molecule has 7 heteroatoms. The predicted molar refractivity (Wildman–Crippen MR) is 97.4 cm³/mol. The van der Waals surface area contributed by atoms with E-state index < -0.39 is 5.69 Å². The van der Waals surface area contributed by atoms with E-state index in [0.717, 1.165) is 22.3 Å². The summed E-state index contributed by atoms with van der Waals surface area (Å²) in [6, 6.07) is 9.56. The Morgan fingerprint density at radius 2 is 1.88 bits per heavy atom. The van der Waals surface area contributed by atoms with Crippen LogP contribution in [0.25, 0.3) is 11.0 Å². The Balaban J connectivity index is 1.92. The third-order valence-electron chi connectivity index (χ3n) is 4.24. The van der Waals surface area contributed by atoms with Crippen LogP contribution in [0.2, 0.25) is 0 Å². The van der Waals surface area contributed by atoms with E-state index in [1.54, 1.807) is 26.4 Å². The number of hydrogen-bond donors (Lipinski definition) is 1. The van der Waals surface area contributed by atoms with Gasteiger partial charge in [-0.15, -0.1) is 0 Å². The Morgan fingerprint density at radius 1 is 1.12 bits per heavy atom. The first-order valence-electron chi connectivity index (χ1n) is 7.95. The van der Waals surface area contributed by atoms with Crippen molar-refractivity contribution in [1.82, 2.24) is 14.1 Å². The van der Waals surface area contributed by atoms with Crippen LogP contribution in [-0.4, -0.2) is 27.8 Å². The zero-order valence-corrected chi connectivity index (χ0v) is 14.4.